The lowest BCUT2D eigenvalue weighted by atomic mass is 10.1. The number of hydrogen-bond acceptors (Lipinski definition) is 1. The molecule has 1 aromatic carbocycles. The molecular weight excluding hydrogens is 193 g/mol. The molecule has 0 saturated carbocycles. The molecule has 0 amide bonds. The lowest BCUT2D eigenvalue weighted by Crippen LogP contribution is -2.07. The zero-order chi connectivity index (χ0) is 11.0. The Morgan fingerprint density at radius 2 is 2.07 bits per heavy atom. The van der Waals surface area contributed by atoms with Gasteiger partial charge >= 0.3 is 0 Å². The van der Waals surface area contributed by atoms with Crippen LogP contribution in [0.25, 0.3) is 10.9 Å². The summed E-state index contributed by atoms with van der Waals surface area (Å²) in [5.41, 5.74) is 1.34. The number of rotatable bonds is 2. The molecule has 2 aromatic rings. The summed E-state index contributed by atoms with van der Waals surface area (Å²) < 4.78 is 12.9. The lowest BCUT2D eigenvalue weighted by Gasteiger charge is -1.99. The van der Waals surface area contributed by atoms with Gasteiger partial charge in [-0.15, -0.1) is 0 Å². The molecular formula is C12H12FNO. The Morgan fingerprint density at radius 3 is 2.73 bits per heavy atom. The fraction of sp³-hybridized carbons (Fsp3) is 0.250. The lowest BCUT2D eigenvalue weighted by molar-refractivity contribution is 0.0935. The molecule has 1 N–H and O–H groups in total. The van der Waals surface area contributed by atoms with Crippen LogP contribution < -0.4 is 0 Å². The third-order valence-electron chi connectivity index (χ3n) is 2.37. The Balaban J connectivity index is 2.52. The van der Waals surface area contributed by atoms with Gasteiger partial charge in [0.05, 0.1) is 5.69 Å². The van der Waals surface area contributed by atoms with E-state index in [1.165, 1.54) is 12.1 Å². The summed E-state index contributed by atoms with van der Waals surface area (Å²) in [7, 11) is 0. The van der Waals surface area contributed by atoms with Crippen LogP contribution in [0.1, 0.15) is 24.3 Å². The molecule has 0 aliphatic carbocycles. The summed E-state index contributed by atoms with van der Waals surface area (Å²) >= 11 is 0. The maximum atomic E-state index is 12.9. The number of aromatic nitrogens is 1. The predicted molar refractivity (Wildman–Crippen MR) is 57.4 cm³/mol. The van der Waals surface area contributed by atoms with Crippen molar-refractivity contribution in [3.8, 4) is 0 Å². The van der Waals surface area contributed by atoms with E-state index in [9.17, 15) is 9.18 Å². The van der Waals surface area contributed by atoms with Gasteiger partial charge in [0.15, 0.2) is 5.78 Å². The van der Waals surface area contributed by atoms with Crippen molar-refractivity contribution in [3.63, 3.8) is 0 Å². The molecule has 2 nitrogen and oxygen atoms in total. The van der Waals surface area contributed by atoms with Crippen molar-refractivity contribution in [3.05, 3.63) is 35.8 Å². The SMILES string of the molecule is CC(C)C(=O)c1cc2cc(F)ccc2[nH]1. The van der Waals surface area contributed by atoms with Crippen molar-refractivity contribution < 1.29 is 9.18 Å². The highest BCUT2D eigenvalue weighted by atomic mass is 19.1. The van der Waals surface area contributed by atoms with E-state index in [1.54, 1.807) is 12.1 Å². The topological polar surface area (TPSA) is 32.9 Å². The minimum atomic E-state index is -0.287. The van der Waals surface area contributed by atoms with E-state index in [4.69, 9.17) is 0 Å². The monoisotopic (exact) mass is 205 g/mol. The second-order valence-electron chi connectivity index (χ2n) is 3.93. The van der Waals surface area contributed by atoms with Gasteiger partial charge in [-0.3, -0.25) is 4.79 Å². The maximum Gasteiger partial charge on any atom is 0.181 e. The first-order valence-electron chi connectivity index (χ1n) is 4.90. The predicted octanol–water partition coefficient (Wildman–Crippen LogP) is 3.15. The van der Waals surface area contributed by atoms with E-state index >= 15 is 0 Å². The van der Waals surface area contributed by atoms with Crippen molar-refractivity contribution in [2.75, 3.05) is 0 Å². The molecule has 0 fully saturated rings. The van der Waals surface area contributed by atoms with Gasteiger partial charge in [0.25, 0.3) is 0 Å². The molecule has 1 heterocycles. The second kappa shape index (κ2) is 3.50. The number of Topliss-reactive ketones (excluding diaryl/α,β-unsaturated/α-hetero) is 1. The summed E-state index contributed by atoms with van der Waals surface area (Å²) in [6, 6.07) is 6.13. The third-order valence-corrected chi connectivity index (χ3v) is 2.37. The first kappa shape index (κ1) is 9.90. The maximum absolute atomic E-state index is 12.9. The quantitative estimate of drug-likeness (QED) is 0.750. The number of benzene rings is 1. The van der Waals surface area contributed by atoms with Crippen LogP contribution in [0.15, 0.2) is 24.3 Å². The molecule has 0 aliphatic heterocycles. The number of halogens is 1. The van der Waals surface area contributed by atoms with Gasteiger partial charge in [0, 0.05) is 16.8 Å². The smallest absolute Gasteiger partial charge is 0.181 e. The van der Waals surface area contributed by atoms with Crippen molar-refractivity contribution in [1.29, 1.82) is 0 Å². The highest BCUT2D eigenvalue weighted by Crippen LogP contribution is 2.18. The summed E-state index contributed by atoms with van der Waals surface area (Å²) in [4.78, 5) is 14.7. The molecule has 0 unspecified atom stereocenters. The van der Waals surface area contributed by atoms with E-state index in [1.807, 2.05) is 13.8 Å². The highest BCUT2D eigenvalue weighted by Gasteiger charge is 2.13. The van der Waals surface area contributed by atoms with Crippen LogP contribution in [0.2, 0.25) is 0 Å². The van der Waals surface area contributed by atoms with Crippen LogP contribution in [0.5, 0.6) is 0 Å². The molecule has 0 radical (unpaired) electrons. The van der Waals surface area contributed by atoms with Crippen LogP contribution in [-0.2, 0) is 0 Å². The molecule has 3 heteroatoms. The number of carbonyl (C=O) groups is 1. The molecule has 0 aliphatic rings. The molecule has 78 valence electrons. The van der Waals surface area contributed by atoms with E-state index in [0.717, 1.165) is 10.9 Å². The van der Waals surface area contributed by atoms with E-state index in [-0.39, 0.29) is 17.5 Å². The Morgan fingerprint density at radius 1 is 1.33 bits per heavy atom. The number of nitrogens with one attached hydrogen (secondary N) is 1. The Hall–Kier alpha value is -1.64. The molecule has 15 heavy (non-hydrogen) atoms. The van der Waals surface area contributed by atoms with Crippen LogP contribution >= 0.6 is 0 Å². The largest absolute Gasteiger partial charge is 0.352 e. The molecule has 0 saturated heterocycles. The molecule has 2 rings (SSSR count). The number of ketones is 1. The summed E-state index contributed by atoms with van der Waals surface area (Å²) in [5, 5.41) is 0.735. The van der Waals surface area contributed by atoms with E-state index < -0.39 is 0 Å². The van der Waals surface area contributed by atoms with Gasteiger partial charge in [-0.05, 0) is 24.3 Å². The molecule has 1 aromatic heterocycles. The zero-order valence-corrected chi connectivity index (χ0v) is 8.67. The first-order valence-corrected chi connectivity index (χ1v) is 4.90. The van der Waals surface area contributed by atoms with Crippen LogP contribution in [0, 0.1) is 11.7 Å². The average Bonchev–Trinajstić information content (AvgIpc) is 2.58. The standard InChI is InChI=1S/C12H12FNO/c1-7(2)12(15)11-6-8-5-9(13)3-4-10(8)14-11/h3-7,14H,1-2H3. The Kier molecular flexibility index (Phi) is 2.31. The fourth-order valence-corrected chi connectivity index (χ4v) is 1.55. The van der Waals surface area contributed by atoms with Gasteiger partial charge < -0.3 is 4.98 Å². The molecule has 0 bridgehead atoms. The van der Waals surface area contributed by atoms with Gasteiger partial charge in [0.1, 0.15) is 5.82 Å². The van der Waals surface area contributed by atoms with Gasteiger partial charge in [-0.25, -0.2) is 4.39 Å². The van der Waals surface area contributed by atoms with Crippen molar-refractivity contribution in [2.45, 2.75) is 13.8 Å². The summed E-state index contributed by atoms with van der Waals surface area (Å²) in [6.07, 6.45) is 0. The molecule has 0 spiro atoms. The molecule has 0 atom stereocenters. The van der Waals surface area contributed by atoms with Gasteiger partial charge in [-0.2, -0.15) is 0 Å². The minimum absolute atomic E-state index is 0.0478. The number of H-pyrrole nitrogens is 1. The van der Waals surface area contributed by atoms with Gasteiger partial charge in [-0.1, -0.05) is 13.8 Å². The van der Waals surface area contributed by atoms with Crippen LogP contribution in [0.3, 0.4) is 0 Å². The summed E-state index contributed by atoms with van der Waals surface area (Å²) in [6.45, 7) is 3.68. The fourth-order valence-electron chi connectivity index (χ4n) is 1.55. The Bertz CT molecular complexity index is 513. The first-order chi connectivity index (χ1) is 7.08. The normalized spacial score (nSPS) is 11.2. The number of carbonyl (C=O) groups excluding carboxylic acids is 1. The van der Waals surface area contributed by atoms with Gasteiger partial charge in [0.2, 0.25) is 0 Å². The van der Waals surface area contributed by atoms with Crippen molar-refractivity contribution >= 4 is 16.7 Å². The van der Waals surface area contributed by atoms with Crippen LogP contribution in [-0.4, -0.2) is 10.8 Å². The van der Waals surface area contributed by atoms with E-state index in [2.05, 4.69) is 4.98 Å². The number of aromatic amines is 1. The Labute approximate surface area is 87.1 Å². The van der Waals surface area contributed by atoms with Crippen molar-refractivity contribution in [2.24, 2.45) is 5.92 Å². The van der Waals surface area contributed by atoms with E-state index in [0.29, 0.717) is 5.69 Å². The highest BCUT2D eigenvalue weighted by molar-refractivity contribution is 6.00. The number of hydrogen-bond donors (Lipinski definition) is 1. The second-order valence-corrected chi connectivity index (χ2v) is 3.93. The van der Waals surface area contributed by atoms with Crippen LogP contribution in [0.4, 0.5) is 4.39 Å². The summed E-state index contributed by atoms with van der Waals surface area (Å²) in [5.74, 6) is -0.292. The average molecular weight is 205 g/mol. The zero-order valence-electron chi connectivity index (χ0n) is 8.67. The minimum Gasteiger partial charge on any atom is -0.352 e. The third kappa shape index (κ3) is 1.77. The van der Waals surface area contributed by atoms with Crippen molar-refractivity contribution in [1.82, 2.24) is 4.98 Å². The number of fused-ring (bicyclic) bond motifs is 1.